The zero-order chi connectivity index (χ0) is 11.7. The maximum atomic E-state index is 11.7. The minimum absolute atomic E-state index is 0.150. The van der Waals surface area contributed by atoms with Crippen molar-refractivity contribution in [3.05, 3.63) is 42.3 Å². The van der Waals surface area contributed by atoms with Crippen molar-refractivity contribution in [3.8, 4) is 0 Å². The molecule has 0 aliphatic rings. The SMILES string of the molecule is O=C(Nc1n[nH]c2ccccc12)c1ccno1. The zero-order valence-corrected chi connectivity index (χ0v) is 8.68. The van der Waals surface area contributed by atoms with Gasteiger partial charge in [-0.25, -0.2) is 0 Å². The number of anilines is 1. The lowest BCUT2D eigenvalue weighted by molar-refractivity contribution is 0.0987. The molecule has 1 aromatic carbocycles. The average molecular weight is 228 g/mol. The van der Waals surface area contributed by atoms with Crippen LogP contribution in [0.5, 0.6) is 0 Å². The Kier molecular flexibility index (Phi) is 2.11. The summed E-state index contributed by atoms with van der Waals surface area (Å²) in [6, 6.07) is 9.01. The van der Waals surface area contributed by atoms with Crippen LogP contribution >= 0.6 is 0 Å². The van der Waals surface area contributed by atoms with Gasteiger partial charge in [0.05, 0.1) is 11.7 Å². The number of carbonyl (C=O) groups is 1. The summed E-state index contributed by atoms with van der Waals surface area (Å²) in [5, 5.41) is 13.8. The molecule has 17 heavy (non-hydrogen) atoms. The maximum Gasteiger partial charge on any atom is 0.295 e. The zero-order valence-electron chi connectivity index (χ0n) is 8.68. The Bertz CT molecular complexity index is 657. The molecule has 0 saturated carbocycles. The third-order valence-corrected chi connectivity index (χ3v) is 2.36. The van der Waals surface area contributed by atoms with Crippen LogP contribution in [-0.2, 0) is 0 Å². The molecule has 0 atom stereocenters. The molecular formula is C11H8N4O2. The van der Waals surface area contributed by atoms with Gasteiger partial charge in [-0.15, -0.1) is 0 Å². The number of H-pyrrole nitrogens is 1. The Morgan fingerprint density at radius 1 is 1.29 bits per heavy atom. The summed E-state index contributed by atoms with van der Waals surface area (Å²) in [5.41, 5.74) is 0.861. The van der Waals surface area contributed by atoms with Gasteiger partial charge in [0.2, 0.25) is 5.76 Å². The van der Waals surface area contributed by atoms with Gasteiger partial charge in [-0.05, 0) is 12.1 Å². The van der Waals surface area contributed by atoms with Gasteiger partial charge < -0.3 is 9.84 Å². The third kappa shape index (κ3) is 1.65. The Morgan fingerprint density at radius 2 is 2.18 bits per heavy atom. The minimum atomic E-state index is -0.375. The molecule has 1 amide bonds. The average Bonchev–Trinajstić information content (AvgIpc) is 2.98. The van der Waals surface area contributed by atoms with Gasteiger partial charge in [-0.1, -0.05) is 17.3 Å². The smallest absolute Gasteiger partial charge is 0.295 e. The summed E-state index contributed by atoms with van der Waals surface area (Å²) in [4.78, 5) is 11.7. The van der Waals surface area contributed by atoms with Gasteiger partial charge in [0.15, 0.2) is 5.82 Å². The highest BCUT2D eigenvalue weighted by Crippen LogP contribution is 2.19. The molecule has 0 saturated heterocycles. The number of amides is 1. The third-order valence-electron chi connectivity index (χ3n) is 2.36. The molecule has 0 aliphatic heterocycles. The fraction of sp³-hybridized carbons (Fsp3) is 0. The quantitative estimate of drug-likeness (QED) is 0.700. The van der Waals surface area contributed by atoms with Crippen molar-refractivity contribution in [2.45, 2.75) is 0 Å². The normalized spacial score (nSPS) is 10.6. The van der Waals surface area contributed by atoms with Gasteiger partial charge in [0, 0.05) is 11.5 Å². The summed E-state index contributed by atoms with van der Waals surface area (Å²) in [7, 11) is 0. The number of nitrogens with zero attached hydrogens (tertiary/aromatic N) is 2. The molecule has 2 heterocycles. The summed E-state index contributed by atoms with van der Waals surface area (Å²) in [5.74, 6) is 0.249. The van der Waals surface area contributed by atoms with Crippen molar-refractivity contribution < 1.29 is 9.32 Å². The number of nitrogens with one attached hydrogen (secondary N) is 2. The van der Waals surface area contributed by atoms with Crippen LogP contribution in [0.4, 0.5) is 5.82 Å². The standard InChI is InChI=1S/C11H8N4O2/c16-11(9-5-6-12-17-9)13-10-7-3-1-2-4-8(7)14-15-10/h1-6H,(H2,13,14,15,16). The first-order chi connectivity index (χ1) is 8.34. The Balaban J connectivity index is 1.93. The van der Waals surface area contributed by atoms with Gasteiger partial charge >= 0.3 is 0 Å². The monoisotopic (exact) mass is 228 g/mol. The van der Waals surface area contributed by atoms with Crippen molar-refractivity contribution in [1.82, 2.24) is 15.4 Å². The number of hydrogen-bond acceptors (Lipinski definition) is 4. The number of aromatic amines is 1. The maximum absolute atomic E-state index is 11.7. The summed E-state index contributed by atoms with van der Waals surface area (Å²) < 4.78 is 4.76. The summed E-state index contributed by atoms with van der Waals surface area (Å²) in [6.45, 7) is 0. The van der Waals surface area contributed by atoms with E-state index in [1.165, 1.54) is 12.3 Å². The molecule has 0 bridgehead atoms. The Morgan fingerprint density at radius 3 is 3.00 bits per heavy atom. The first kappa shape index (κ1) is 9.59. The molecule has 84 valence electrons. The van der Waals surface area contributed by atoms with Crippen molar-refractivity contribution in [1.29, 1.82) is 0 Å². The van der Waals surface area contributed by atoms with E-state index < -0.39 is 0 Å². The number of carbonyl (C=O) groups excluding carboxylic acids is 1. The van der Waals surface area contributed by atoms with Crippen LogP contribution < -0.4 is 5.32 Å². The molecule has 3 aromatic rings. The van der Waals surface area contributed by atoms with Gasteiger partial charge in [0.1, 0.15) is 0 Å². The predicted octanol–water partition coefficient (Wildman–Crippen LogP) is 1.80. The van der Waals surface area contributed by atoms with Gasteiger partial charge in [-0.2, -0.15) is 5.10 Å². The topological polar surface area (TPSA) is 83.8 Å². The summed E-state index contributed by atoms with van der Waals surface area (Å²) in [6.07, 6.45) is 1.41. The molecule has 2 N–H and O–H groups in total. The van der Waals surface area contributed by atoms with Crippen LogP contribution in [0.25, 0.3) is 10.9 Å². The Hall–Kier alpha value is -2.63. The second-order valence-corrected chi connectivity index (χ2v) is 3.45. The fourth-order valence-corrected chi connectivity index (χ4v) is 1.56. The highest BCUT2D eigenvalue weighted by atomic mass is 16.5. The van der Waals surface area contributed by atoms with Gasteiger partial charge in [-0.3, -0.25) is 9.89 Å². The van der Waals surface area contributed by atoms with Crippen molar-refractivity contribution in [3.63, 3.8) is 0 Å². The first-order valence-electron chi connectivity index (χ1n) is 5.00. The number of rotatable bonds is 2. The molecule has 6 heteroatoms. The minimum Gasteiger partial charge on any atom is -0.351 e. The van der Waals surface area contributed by atoms with Crippen LogP contribution in [-0.4, -0.2) is 21.3 Å². The van der Waals surface area contributed by atoms with E-state index in [2.05, 4.69) is 20.7 Å². The van der Waals surface area contributed by atoms with Crippen LogP contribution in [0.15, 0.2) is 41.1 Å². The number of fused-ring (bicyclic) bond motifs is 1. The fourth-order valence-electron chi connectivity index (χ4n) is 1.56. The number of para-hydroxylation sites is 1. The highest BCUT2D eigenvalue weighted by molar-refractivity contribution is 6.06. The lowest BCUT2D eigenvalue weighted by atomic mass is 10.2. The van der Waals surface area contributed by atoms with Crippen molar-refractivity contribution >= 4 is 22.6 Å². The van der Waals surface area contributed by atoms with E-state index >= 15 is 0 Å². The molecule has 0 radical (unpaired) electrons. The molecule has 2 aromatic heterocycles. The van der Waals surface area contributed by atoms with E-state index in [0.717, 1.165) is 10.9 Å². The first-order valence-corrected chi connectivity index (χ1v) is 5.00. The highest BCUT2D eigenvalue weighted by Gasteiger charge is 2.13. The number of hydrogen-bond donors (Lipinski definition) is 2. The predicted molar refractivity (Wildman–Crippen MR) is 60.5 cm³/mol. The molecule has 0 fully saturated rings. The van der Waals surface area contributed by atoms with Crippen molar-refractivity contribution in [2.75, 3.05) is 5.32 Å². The van der Waals surface area contributed by atoms with E-state index in [1.807, 2.05) is 24.3 Å². The molecular weight excluding hydrogens is 220 g/mol. The lowest BCUT2D eigenvalue weighted by Gasteiger charge is -1.98. The van der Waals surface area contributed by atoms with Crippen LogP contribution in [0.2, 0.25) is 0 Å². The van der Waals surface area contributed by atoms with E-state index in [1.54, 1.807) is 0 Å². The van der Waals surface area contributed by atoms with Crippen molar-refractivity contribution in [2.24, 2.45) is 0 Å². The second kappa shape index (κ2) is 3.75. The molecule has 3 rings (SSSR count). The number of benzene rings is 1. The Labute approximate surface area is 95.6 Å². The van der Waals surface area contributed by atoms with Crippen LogP contribution in [0, 0.1) is 0 Å². The van der Waals surface area contributed by atoms with Crippen LogP contribution in [0.1, 0.15) is 10.6 Å². The van der Waals surface area contributed by atoms with E-state index in [0.29, 0.717) is 5.82 Å². The van der Waals surface area contributed by atoms with Crippen LogP contribution in [0.3, 0.4) is 0 Å². The molecule has 0 unspecified atom stereocenters. The molecule has 0 spiro atoms. The molecule has 0 aliphatic carbocycles. The lowest BCUT2D eigenvalue weighted by Crippen LogP contribution is -2.11. The van der Waals surface area contributed by atoms with E-state index in [-0.39, 0.29) is 11.7 Å². The number of aromatic nitrogens is 3. The second-order valence-electron chi connectivity index (χ2n) is 3.45. The summed E-state index contributed by atoms with van der Waals surface area (Å²) >= 11 is 0. The van der Waals surface area contributed by atoms with Gasteiger partial charge in [0.25, 0.3) is 5.91 Å². The van der Waals surface area contributed by atoms with E-state index in [4.69, 9.17) is 4.52 Å². The largest absolute Gasteiger partial charge is 0.351 e. The molecule has 6 nitrogen and oxygen atoms in total. The van der Waals surface area contributed by atoms with E-state index in [9.17, 15) is 4.79 Å².